The summed E-state index contributed by atoms with van der Waals surface area (Å²) in [4.78, 5) is 24.7. The third-order valence-corrected chi connectivity index (χ3v) is 4.47. The molecule has 2 rings (SSSR count). The Bertz CT molecular complexity index is 507. The lowest BCUT2D eigenvalue weighted by molar-refractivity contribution is -0.133. The quantitative estimate of drug-likeness (QED) is 0.849. The Kier molecular flexibility index (Phi) is 5.58. The molecule has 0 unspecified atom stereocenters. The molecule has 1 aromatic carbocycles. The minimum atomic E-state index is -0.691. The highest BCUT2D eigenvalue weighted by molar-refractivity contribution is 5.91. The van der Waals surface area contributed by atoms with Crippen molar-refractivity contribution < 1.29 is 9.59 Å². The maximum atomic E-state index is 12.4. The van der Waals surface area contributed by atoms with Gasteiger partial charge in [-0.3, -0.25) is 9.59 Å². The molecule has 0 radical (unpaired) electrons. The maximum Gasteiger partial charge on any atom is 0.245 e. The Morgan fingerprint density at radius 3 is 2.41 bits per heavy atom. The topological polar surface area (TPSA) is 58.2 Å². The highest BCUT2D eigenvalue weighted by Gasteiger charge is 2.42. The fourth-order valence-corrected chi connectivity index (χ4v) is 3.21. The summed E-state index contributed by atoms with van der Waals surface area (Å²) in [5.41, 5.74) is 0.458. The summed E-state index contributed by atoms with van der Waals surface area (Å²) in [7, 11) is 0. The summed E-state index contributed by atoms with van der Waals surface area (Å²) in [6, 6.07) is 10.0. The van der Waals surface area contributed by atoms with Crippen LogP contribution >= 0.6 is 0 Å². The minimum absolute atomic E-state index is 0.0341. The predicted molar refractivity (Wildman–Crippen MR) is 87.5 cm³/mol. The van der Waals surface area contributed by atoms with Gasteiger partial charge in [0.1, 0.15) is 5.54 Å². The van der Waals surface area contributed by atoms with E-state index in [-0.39, 0.29) is 17.7 Å². The van der Waals surface area contributed by atoms with Crippen LogP contribution in [0.5, 0.6) is 0 Å². The molecule has 0 saturated heterocycles. The molecular weight excluding hydrogens is 276 g/mol. The molecule has 1 aliphatic carbocycles. The molecule has 0 spiro atoms. The smallest absolute Gasteiger partial charge is 0.245 e. The van der Waals surface area contributed by atoms with E-state index in [0.717, 1.165) is 31.2 Å². The summed E-state index contributed by atoms with van der Waals surface area (Å²) in [5.74, 6) is 0.0756. The summed E-state index contributed by atoms with van der Waals surface area (Å²) in [6.45, 7) is 4.54. The maximum absolute atomic E-state index is 12.4. The van der Waals surface area contributed by atoms with Gasteiger partial charge in [0.15, 0.2) is 0 Å². The van der Waals surface area contributed by atoms with Crippen LogP contribution in [0, 0.1) is 0 Å². The van der Waals surface area contributed by atoms with Gasteiger partial charge in [-0.05, 0) is 31.2 Å². The van der Waals surface area contributed by atoms with Crippen LogP contribution in [0.25, 0.3) is 0 Å². The van der Waals surface area contributed by atoms with E-state index in [1.807, 2.05) is 44.2 Å². The van der Waals surface area contributed by atoms with Gasteiger partial charge in [0.05, 0.1) is 0 Å². The average molecular weight is 302 g/mol. The van der Waals surface area contributed by atoms with Crippen molar-refractivity contribution >= 4 is 11.8 Å². The normalized spacial score (nSPS) is 17.7. The van der Waals surface area contributed by atoms with Crippen LogP contribution < -0.4 is 10.6 Å². The van der Waals surface area contributed by atoms with Crippen molar-refractivity contribution in [2.45, 2.75) is 57.4 Å². The van der Waals surface area contributed by atoms with Gasteiger partial charge >= 0.3 is 0 Å². The van der Waals surface area contributed by atoms with Gasteiger partial charge in [-0.25, -0.2) is 0 Å². The van der Waals surface area contributed by atoms with Crippen molar-refractivity contribution in [2.24, 2.45) is 0 Å². The Balaban J connectivity index is 1.98. The van der Waals surface area contributed by atoms with Crippen LogP contribution in [0.15, 0.2) is 30.3 Å². The first-order chi connectivity index (χ1) is 10.6. The van der Waals surface area contributed by atoms with Crippen LogP contribution in [0.2, 0.25) is 0 Å². The van der Waals surface area contributed by atoms with Gasteiger partial charge in [-0.2, -0.15) is 0 Å². The highest BCUT2D eigenvalue weighted by Crippen LogP contribution is 2.30. The molecule has 1 fully saturated rings. The van der Waals surface area contributed by atoms with E-state index in [0.29, 0.717) is 13.0 Å². The van der Waals surface area contributed by atoms with E-state index in [9.17, 15) is 9.59 Å². The first-order valence-corrected chi connectivity index (χ1v) is 8.21. The first kappa shape index (κ1) is 16.5. The number of amides is 2. The fraction of sp³-hybridized carbons (Fsp3) is 0.556. The highest BCUT2D eigenvalue weighted by atomic mass is 16.2. The summed E-state index contributed by atoms with van der Waals surface area (Å²) in [5, 5.41) is 5.89. The largest absolute Gasteiger partial charge is 0.354 e. The second-order valence-corrected chi connectivity index (χ2v) is 6.21. The van der Waals surface area contributed by atoms with Crippen molar-refractivity contribution in [3.8, 4) is 0 Å². The molecule has 1 aromatic rings. The lowest BCUT2D eigenvalue weighted by Crippen LogP contribution is -2.57. The number of hydrogen-bond donors (Lipinski definition) is 2. The van der Waals surface area contributed by atoms with Crippen molar-refractivity contribution in [2.75, 3.05) is 6.54 Å². The zero-order chi connectivity index (χ0) is 16.0. The molecule has 1 atom stereocenters. The standard InChI is InChI=1S/C18H26N2O2/c1-3-19-17(22)18(11-7-8-12-18)20-16(21)13-14(2)15-9-5-4-6-10-15/h4-6,9-10,14H,3,7-8,11-13H2,1-2H3,(H,19,22)(H,20,21)/t14-/m1/s1. The van der Waals surface area contributed by atoms with E-state index >= 15 is 0 Å². The number of likely N-dealkylation sites (N-methyl/N-ethyl adjacent to an activating group) is 1. The molecule has 0 heterocycles. The molecule has 1 aliphatic rings. The number of carbonyl (C=O) groups excluding carboxylic acids is 2. The predicted octanol–water partition coefficient (Wildman–Crippen LogP) is 2.75. The van der Waals surface area contributed by atoms with E-state index in [1.165, 1.54) is 0 Å². The minimum Gasteiger partial charge on any atom is -0.354 e. The molecule has 0 aliphatic heterocycles. The van der Waals surface area contributed by atoms with Crippen LogP contribution in [0.1, 0.15) is 57.4 Å². The number of hydrogen-bond acceptors (Lipinski definition) is 2. The summed E-state index contributed by atoms with van der Waals surface area (Å²) >= 11 is 0. The number of rotatable bonds is 6. The van der Waals surface area contributed by atoms with Crippen molar-refractivity contribution in [1.82, 2.24) is 10.6 Å². The second-order valence-electron chi connectivity index (χ2n) is 6.21. The van der Waals surface area contributed by atoms with Gasteiger partial charge in [-0.15, -0.1) is 0 Å². The van der Waals surface area contributed by atoms with Crippen molar-refractivity contribution in [3.05, 3.63) is 35.9 Å². The van der Waals surface area contributed by atoms with Crippen LogP contribution in [0.3, 0.4) is 0 Å². The molecule has 120 valence electrons. The van der Waals surface area contributed by atoms with Gasteiger partial charge in [0.2, 0.25) is 11.8 Å². The lowest BCUT2D eigenvalue weighted by atomic mass is 9.93. The SMILES string of the molecule is CCNC(=O)C1(NC(=O)C[C@@H](C)c2ccccc2)CCCC1. The molecule has 2 N–H and O–H groups in total. The Morgan fingerprint density at radius 2 is 1.82 bits per heavy atom. The monoisotopic (exact) mass is 302 g/mol. The first-order valence-electron chi connectivity index (χ1n) is 8.21. The summed E-state index contributed by atoms with van der Waals surface area (Å²) < 4.78 is 0. The van der Waals surface area contributed by atoms with Gasteiger partial charge in [-0.1, -0.05) is 50.1 Å². The van der Waals surface area contributed by atoms with E-state index in [1.54, 1.807) is 0 Å². The van der Waals surface area contributed by atoms with E-state index in [2.05, 4.69) is 10.6 Å². The van der Waals surface area contributed by atoms with Crippen molar-refractivity contribution in [1.29, 1.82) is 0 Å². The number of carbonyl (C=O) groups is 2. The zero-order valence-electron chi connectivity index (χ0n) is 13.5. The van der Waals surface area contributed by atoms with Gasteiger partial charge in [0, 0.05) is 13.0 Å². The number of nitrogens with one attached hydrogen (secondary N) is 2. The Labute approximate surface area is 132 Å². The third-order valence-electron chi connectivity index (χ3n) is 4.47. The molecule has 0 bridgehead atoms. The molecule has 2 amide bonds. The molecule has 4 heteroatoms. The second kappa shape index (κ2) is 7.43. The molecule has 22 heavy (non-hydrogen) atoms. The number of benzene rings is 1. The van der Waals surface area contributed by atoms with E-state index in [4.69, 9.17) is 0 Å². The van der Waals surface area contributed by atoms with Crippen LogP contribution in [-0.4, -0.2) is 23.9 Å². The molecule has 4 nitrogen and oxygen atoms in total. The van der Waals surface area contributed by atoms with E-state index < -0.39 is 5.54 Å². The fourth-order valence-electron chi connectivity index (χ4n) is 3.21. The lowest BCUT2D eigenvalue weighted by Gasteiger charge is -2.29. The third kappa shape index (κ3) is 3.87. The average Bonchev–Trinajstić information content (AvgIpc) is 2.98. The van der Waals surface area contributed by atoms with Crippen LogP contribution in [-0.2, 0) is 9.59 Å². The zero-order valence-corrected chi connectivity index (χ0v) is 13.5. The Hall–Kier alpha value is -1.84. The summed E-state index contributed by atoms with van der Waals surface area (Å²) in [6.07, 6.45) is 3.87. The van der Waals surface area contributed by atoms with Gasteiger partial charge in [0.25, 0.3) is 0 Å². The Morgan fingerprint density at radius 1 is 1.18 bits per heavy atom. The molecule has 0 aromatic heterocycles. The van der Waals surface area contributed by atoms with Gasteiger partial charge < -0.3 is 10.6 Å². The van der Waals surface area contributed by atoms with Crippen LogP contribution in [0.4, 0.5) is 0 Å². The van der Waals surface area contributed by atoms with Crippen molar-refractivity contribution in [3.63, 3.8) is 0 Å². The molecule has 1 saturated carbocycles. The molecular formula is C18H26N2O2.